The number of rotatable bonds is 3. The van der Waals surface area contributed by atoms with Gasteiger partial charge in [0, 0.05) is 12.6 Å². The highest BCUT2D eigenvalue weighted by Crippen LogP contribution is 2.14. The van der Waals surface area contributed by atoms with E-state index in [4.69, 9.17) is 0 Å². The Hall–Kier alpha value is -2.76. The van der Waals surface area contributed by atoms with Crippen LogP contribution < -0.4 is 0 Å². The Morgan fingerprint density at radius 2 is 2.05 bits per heavy atom. The molecule has 2 heterocycles. The van der Waals surface area contributed by atoms with Gasteiger partial charge in [0.05, 0.1) is 12.7 Å². The Labute approximate surface area is 120 Å². The van der Waals surface area contributed by atoms with Gasteiger partial charge in [-0.2, -0.15) is 0 Å². The number of hydrogen-bond donors (Lipinski definition) is 0. The second-order valence-electron chi connectivity index (χ2n) is 4.52. The van der Waals surface area contributed by atoms with Crippen LogP contribution in [0.1, 0.15) is 21.7 Å². The summed E-state index contributed by atoms with van der Waals surface area (Å²) in [6, 6.07) is 9.78. The van der Waals surface area contributed by atoms with E-state index in [1.165, 1.54) is 13.2 Å². The van der Waals surface area contributed by atoms with Gasteiger partial charge in [0.2, 0.25) is 0 Å². The minimum absolute atomic E-state index is 0.290. The van der Waals surface area contributed by atoms with Crippen LogP contribution in [0.25, 0.3) is 5.65 Å². The summed E-state index contributed by atoms with van der Waals surface area (Å²) in [5, 5.41) is 8.06. The normalized spacial score (nSPS) is 10.8. The molecule has 0 fully saturated rings. The van der Waals surface area contributed by atoms with Crippen molar-refractivity contribution < 1.29 is 13.9 Å². The van der Waals surface area contributed by atoms with Crippen molar-refractivity contribution in [2.75, 3.05) is 7.11 Å². The van der Waals surface area contributed by atoms with Crippen molar-refractivity contribution in [2.24, 2.45) is 0 Å². The molecule has 1 aromatic carbocycles. The fraction of sp³-hybridized carbons (Fsp3) is 0.133. The zero-order valence-electron chi connectivity index (χ0n) is 11.3. The number of aromatic nitrogens is 3. The molecule has 0 aliphatic carbocycles. The lowest BCUT2D eigenvalue weighted by molar-refractivity contribution is 0.0600. The maximum Gasteiger partial charge on any atom is 0.339 e. The van der Waals surface area contributed by atoms with Crippen molar-refractivity contribution in [3.8, 4) is 0 Å². The first kappa shape index (κ1) is 13.2. The number of methoxy groups -OCH3 is 1. The summed E-state index contributed by atoms with van der Waals surface area (Å²) in [5.41, 5.74) is 1.50. The van der Waals surface area contributed by atoms with E-state index in [2.05, 4.69) is 14.9 Å². The maximum absolute atomic E-state index is 13.7. The molecule has 21 heavy (non-hydrogen) atoms. The summed E-state index contributed by atoms with van der Waals surface area (Å²) < 4.78 is 20.1. The molecule has 0 atom stereocenters. The average molecular weight is 285 g/mol. The highest BCUT2D eigenvalue weighted by Gasteiger charge is 2.12. The molecule has 0 saturated heterocycles. The van der Waals surface area contributed by atoms with Crippen LogP contribution in [0, 0.1) is 5.82 Å². The number of fused-ring (bicyclic) bond motifs is 1. The minimum atomic E-state index is -0.442. The number of carbonyl (C=O) groups is 1. The van der Waals surface area contributed by atoms with Crippen molar-refractivity contribution in [2.45, 2.75) is 6.42 Å². The van der Waals surface area contributed by atoms with E-state index >= 15 is 0 Å². The molecular weight excluding hydrogens is 273 g/mol. The Morgan fingerprint density at radius 3 is 2.81 bits per heavy atom. The van der Waals surface area contributed by atoms with E-state index in [0.29, 0.717) is 29.0 Å². The summed E-state index contributed by atoms with van der Waals surface area (Å²) in [6.07, 6.45) is 1.88. The Kier molecular flexibility index (Phi) is 3.35. The Bertz CT molecular complexity index is 814. The SMILES string of the molecule is COC(=O)c1ccc2nnc(Cc3ccccc3F)n2c1. The van der Waals surface area contributed by atoms with Gasteiger partial charge in [0.1, 0.15) is 11.6 Å². The first-order chi connectivity index (χ1) is 10.2. The number of pyridine rings is 1. The van der Waals surface area contributed by atoms with Crippen molar-refractivity contribution in [1.82, 2.24) is 14.6 Å². The molecule has 3 aromatic rings. The van der Waals surface area contributed by atoms with Gasteiger partial charge in [-0.25, -0.2) is 9.18 Å². The van der Waals surface area contributed by atoms with Crippen LogP contribution in [0.3, 0.4) is 0 Å². The van der Waals surface area contributed by atoms with Crippen LogP contribution in [0.15, 0.2) is 42.6 Å². The molecule has 2 aromatic heterocycles. The summed E-state index contributed by atoms with van der Waals surface area (Å²) in [5.74, 6) is -0.179. The zero-order valence-corrected chi connectivity index (χ0v) is 11.3. The smallest absolute Gasteiger partial charge is 0.339 e. The number of ether oxygens (including phenoxy) is 1. The standard InChI is InChI=1S/C15H12FN3O2/c1-21-15(20)11-6-7-13-17-18-14(19(13)9-11)8-10-4-2-3-5-12(10)16/h2-7,9H,8H2,1H3. The summed E-state index contributed by atoms with van der Waals surface area (Å²) in [7, 11) is 1.32. The van der Waals surface area contributed by atoms with Crippen molar-refractivity contribution in [3.63, 3.8) is 0 Å². The monoisotopic (exact) mass is 285 g/mol. The molecular formula is C15H12FN3O2. The molecule has 106 valence electrons. The molecule has 3 rings (SSSR count). The molecule has 0 saturated carbocycles. The molecule has 0 amide bonds. The third-order valence-electron chi connectivity index (χ3n) is 3.20. The molecule has 6 heteroatoms. The molecule has 5 nitrogen and oxygen atoms in total. The van der Waals surface area contributed by atoms with Gasteiger partial charge in [-0.05, 0) is 23.8 Å². The van der Waals surface area contributed by atoms with Gasteiger partial charge < -0.3 is 4.74 Å². The summed E-state index contributed by atoms with van der Waals surface area (Å²) in [4.78, 5) is 11.6. The molecule has 0 bridgehead atoms. The lowest BCUT2D eigenvalue weighted by Crippen LogP contribution is -2.04. The summed E-state index contributed by atoms with van der Waals surface area (Å²) in [6.45, 7) is 0. The Morgan fingerprint density at radius 1 is 1.24 bits per heavy atom. The third kappa shape index (κ3) is 2.47. The molecule has 0 aliphatic heterocycles. The molecule has 0 spiro atoms. The van der Waals surface area contributed by atoms with E-state index in [9.17, 15) is 9.18 Å². The van der Waals surface area contributed by atoms with Gasteiger partial charge in [-0.15, -0.1) is 10.2 Å². The lowest BCUT2D eigenvalue weighted by Gasteiger charge is -2.04. The molecule has 0 aliphatic rings. The van der Waals surface area contributed by atoms with Crippen molar-refractivity contribution in [3.05, 3.63) is 65.4 Å². The van der Waals surface area contributed by atoms with Crippen LogP contribution in [-0.2, 0) is 11.2 Å². The maximum atomic E-state index is 13.7. The average Bonchev–Trinajstić information content (AvgIpc) is 2.91. The van der Waals surface area contributed by atoms with Crippen LogP contribution in [0.2, 0.25) is 0 Å². The Balaban J connectivity index is 2.03. The fourth-order valence-corrected chi connectivity index (χ4v) is 2.11. The van der Waals surface area contributed by atoms with Crippen LogP contribution >= 0.6 is 0 Å². The number of carbonyl (C=O) groups excluding carboxylic acids is 1. The predicted octanol–water partition coefficient (Wildman–Crippen LogP) is 2.25. The van der Waals surface area contributed by atoms with Crippen LogP contribution in [0.5, 0.6) is 0 Å². The highest BCUT2D eigenvalue weighted by atomic mass is 19.1. The van der Waals surface area contributed by atoms with Gasteiger partial charge in [0.25, 0.3) is 0 Å². The lowest BCUT2D eigenvalue weighted by atomic mass is 10.1. The molecule has 0 unspecified atom stereocenters. The van der Waals surface area contributed by atoms with E-state index < -0.39 is 5.97 Å². The van der Waals surface area contributed by atoms with Crippen LogP contribution in [-0.4, -0.2) is 27.7 Å². The molecule has 0 N–H and O–H groups in total. The number of esters is 1. The number of halogens is 1. The first-order valence-corrected chi connectivity index (χ1v) is 6.34. The quantitative estimate of drug-likeness (QED) is 0.693. The number of nitrogens with zero attached hydrogens (tertiary/aromatic N) is 3. The second-order valence-corrected chi connectivity index (χ2v) is 4.52. The van der Waals surface area contributed by atoms with Gasteiger partial charge in [-0.3, -0.25) is 4.40 Å². The molecule has 0 radical (unpaired) electrons. The van der Waals surface area contributed by atoms with E-state index in [1.807, 2.05) is 0 Å². The van der Waals surface area contributed by atoms with Crippen molar-refractivity contribution >= 4 is 11.6 Å². The minimum Gasteiger partial charge on any atom is -0.465 e. The van der Waals surface area contributed by atoms with Crippen molar-refractivity contribution in [1.29, 1.82) is 0 Å². The van der Waals surface area contributed by atoms with E-state index in [1.54, 1.807) is 40.9 Å². The highest BCUT2D eigenvalue weighted by molar-refractivity contribution is 5.89. The predicted molar refractivity (Wildman–Crippen MR) is 73.5 cm³/mol. The third-order valence-corrected chi connectivity index (χ3v) is 3.20. The first-order valence-electron chi connectivity index (χ1n) is 6.34. The van der Waals surface area contributed by atoms with E-state index in [-0.39, 0.29) is 5.82 Å². The van der Waals surface area contributed by atoms with Gasteiger partial charge >= 0.3 is 5.97 Å². The second kappa shape index (κ2) is 5.32. The zero-order chi connectivity index (χ0) is 14.8. The topological polar surface area (TPSA) is 56.5 Å². The van der Waals surface area contributed by atoms with Gasteiger partial charge in [0.15, 0.2) is 5.65 Å². The fourth-order valence-electron chi connectivity index (χ4n) is 2.11. The van der Waals surface area contributed by atoms with Gasteiger partial charge in [-0.1, -0.05) is 18.2 Å². The largest absolute Gasteiger partial charge is 0.465 e. The van der Waals surface area contributed by atoms with E-state index in [0.717, 1.165) is 0 Å². The number of hydrogen-bond acceptors (Lipinski definition) is 4. The summed E-state index contributed by atoms with van der Waals surface area (Å²) >= 11 is 0. The van der Waals surface area contributed by atoms with Crippen LogP contribution in [0.4, 0.5) is 4.39 Å². The number of benzene rings is 1.